The van der Waals surface area contributed by atoms with Crippen LogP contribution in [0.25, 0.3) is 0 Å². The third-order valence-corrected chi connectivity index (χ3v) is 3.24. The number of carbonyl (C=O) groups is 3. The van der Waals surface area contributed by atoms with E-state index in [1.54, 1.807) is 0 Å². The summed E-state index contributed by atoms with van der Waals surface area (Å²) in [5.74, 6) is -2.05. The van der Waals surface area contributed by atoms with Crippen molar-refractivity contribution < 1.29 is 19.5 Å². The highest BCUT2D eigenvalue weighted by Gasteiger charge is 2.38. The highest BCUT2D eigenvalue weighted by molar-refractivity contribution is 5.88. The quantitative estimate of drug-likeness (QED) is 0.765. The van der Waals surface area contributed by atoms with Crippen molar-refractivity contribution in [3.63, 3.8) is 0 Å². The third kappa shape index (κ3) is 2.64. The maximum absolute atomic E-state index is 11.3. The Labute approximate surface area is 88.7 Å². The molecule has 1 fully saturated rings. The molecule has 1 aliphatic carbocycles. The maximum atomic E-state index is 11.3. The normalized spacial score (nSPS) is 30.9. The lowest BCUT2D eigenvalue weighted by Crippen LogP contribution is -2.36. The molecular formula is C11H16O4. The van der Waals surface area contributed by atoms with E-state index >= 15 is 0 Å². The first-order valence-electron chi connectivity index (χ1n) is 5.17. The Morgan fingerprint density at radius 1 is 1.00 bits per heavy atom. The van der Waals surface area contributed by atoms with Gasteiger partial charge in [-0.25, -0.2) is 0 Å². The number of hydrogen-bond acceptors (Lipinski definition) is 3. The molecule has 0 heterocycles. The van der Waals surface area contributed by atoms with Gasteiger partial charge < -0.3 is 5.11 Å². The van der Waals surface area contributed by atoms with Gasteiger partial charge in [0.15, 0.2) is 0 Å². The van der Waals surface area contributed by atoms with E-state index in [1.165, 1.54) is 13.8 Å². The molecule has 1 saturated carbocycles. The molecule has 1 rings (SSSR count). The lowest BCUT2D eigenvalue weighted by atomic mass is 9.71. The number of rotatable bonds is 3. The van der Waals surface area contributed by atoms with Crippen molar-refractivity contribution in [2.45, 2.75) is 33.1 Å². The van der Waals surface area contributed by atoms with E-state index < -0.39 is 17.8 Å². The summed E-state index contributed by atoms with van der Waals surface area (Å²) in [4.78, 5) is 33.4. The molecule has 0 aromatic rings. The average molecular weight is 212 g/mol. The van der Waals surface area contributed by atoms with Gasteiger partial charge in [-0.05, 0) is 33.1 Å². The van der Waals surface area contributed by atoms with Crippen LogP contribution in [0.1, 0.15) is 33.1 Å². The summed E-state index contributed by atoms with van der Waals surface area (Å²) in [7, 11) is 0. The van der Waals surface area contributed by atoms with Crippen LogP contribution in [-0.2, 0) is 14.4 Å². The van der Waals surface area contributed by atoms with Crippen LogP contribution < -0.4 is 0 Å². The second-order valence-electron chi connectivity index (χ2n) is 4.28. The van der Waals surface area contributed by atoms with Gasteiger partial charge in [0.25, 0.3) is 0 Å². The first-order chi connectivity index (χ1) is 6.93. The number of carboxylic acid groups (broad SMARTS) is 1. The zero-order valence-corrected chi connectivity index (χ0v) is 9.03. The van der Waals surface area contributed by atoms with Crippen LogP contribution in [0.4, 0.5) is 0 Å². The van der Waals surface area contributed by atoms with Gasteiger partial charge in [0, 0.05) is 11.8 Å². The molecule has 0 spiro atoms. The molecule has 0 radical (unpaired) electrons. The largest absolute Gasteiger partial charge is 0.481 e. The van der Waals surface area contributed by atoms with E-state index in [4.69, 9.17) is 5.11 Å². The molecule has 4 heteroatoms. The van der Waals surface area contributed by atoms with Crippen LogP contribution in [-0.4, -0.2) is 22.6 Å². The molecule has 0 amide bonds. The first kappa shape index (κ1) is 11.9. The van der Waals surface area contributed by atoms with Gasteiger partial charge in [0.1, 0.15) is 11.6 Å². The van der Waals surface area contributed by atoms with E-state index in [1.807, 2.05) is 0 Å². The summed E-state index contributed by atoms with van der Waals surface area (Å²) >= 11 is 0. The Bertz CT molecular complexity index is 295. The van der Waals surface area contributed by atoms with Gasteiger partial charge in [-0.15, -0.1) is 0 Å². The van der Waals surface area contributed by atoms with E-state index in [2.05, 4.69) is 0 Å². The summed E-state index contributed by atoms with van der Waals surface area (Å²) < 4.78 is 0. The minimum absolute atomic E-state index is 0.000890. The first-order valence-corrected chi connectivity index (χ1v) is 5.17. The fourth-order valence-electron chi connectivity index (χ4n) is 2.33. The number of carboxylic acids is 1. The molecule has 1 N–H and O–H groups in total. The standard InChI is InChI=1S/C11H16O4/c1-6(12)9-4-3-8(11(14)15)5-10(9)7(2)13/h8-10H,3-5H2,1-2H3,(H,14,15). The lowest BCUT2D eigenvalue weighted by molar-refractivity contribution is -0.146. The van der Waals surface area contributed by atoms with Gasteiger partial charge in [0.05, 0.1) is 5.92 Å². The van der Waals surface area contributed by atoms with Crippen molar-refractivity contribution in [2.75, 3.05) is 0 Å². The molecule has 0 aromatic heterocycles. The topological polar surface area (TPSA) is 71.4 Å². The van der Waals surface area contributed by atoms with Gasteiger partial charge in [-0.3, -0.25) is 14.4 Å². The highest BCUT2D eigenvalue weighted by atomic mass is 16.4. The van der Waals surface area contributed by atoms with Crippen molar-refractivity contribution in [2.24, 2.45) is 17.8 Å². The number of Topliss-reactive ketones (excluding diaryl/α,β-unsaturated/α-hetero) is 2. The SMILES string of the molecule is CC(=O)C1CCC(C(=O)O)CC1C(C)=O. The molecule has 3 atom stereocenters. The zero-order chi connectivity index (χ0) is 11.6. The van der Waals surface area contributed by atoms with Crippen LogP contribution in [0.15, 0.2) is 0 Å². The number of ketones is 2. The molecule has 15 heavy (non-hydrogen) atoms. The fraction of sp³-hybridized carbons (Fsp3) is 0.727. The number of carbonyl (C=O) groups excluding carboxylic acids is 2. The van der Waals surface area contributed by atoms with Crippen LogP contribution >= 0.6 is 0 Å². The second-order valence-corrected chi connectivity index (χ2v) is 4.28. The summed E-state index contributed by atoms with van der Waals surface area (Å²) in [6.45, 7) is 2.91. The van der Waals surface area contributed by atoms with Crippen molar-refractivity contribution in [3.05, 3.63) is 0 Å². The number of hydrogen-bond donors (Lipinski definition) is 1. The van der Waals surface area contributed by atoms with Crippen LogP contribution in [0.2, 0.25) is 0 Å². The number of aliphatic carboxylic acids is 1. The molecule has 4 nitrogen and oxygen atoms in total. The van der Waals surface area contributed by atoms with Crippen molar-refractivity contribution in [1.29, 1.82) is 0 Å². The van der Waals surface area contributed by atoms with Crippen LogP contribution in [0.5, 0.6) is 0 Å². The lowest BCUT2D eigenvalue weighted by Gasteiger charge is -2.31. The van der Waals surface area contributed by atoms with E-state index in [0.717, 1.165) is 0 Å². The Kier molecular flexibility index (Phi) is 3.61. The van der Waals surface area contributed by atoms with Crippen molar-refractivity contribution >= 4 is 17.5 Å². The minimum atomic E-state index is -0.858. The van der Waals surface area contributed by atoms with E-state index in [9.17, 15) is 14.4 Å². The van der Waals surface area contributed by atoms with Gasteiger partial charge in [0.2, 0.25) is 0 Å². The third-order valence-electron chi connectivity index (χ3n) is 3.24. The average Bonchev–Trinajstić information content (AvgIpc) is 2.16. The van der Waals surface area contributed by atoms with Crippen LogP contribution in [0.3, 0.4) is 0 Å². The summed E-state index contributed by atoms with van der Waals surface area (Å²) in [5, 5.41) is 8.87. The van der Waals surface area contributed by atoms with Crippen molar-refractivity contribution in [1.82, 2.24) is 0 Å². The Balaban J connectivity index is 2.78. The molecule has 0 saturated heterocycles. The van der Waals surface area contributed by atoms with Crippen LogP contribution in [0, 0.1) is 17.8 Å². The maximum Gasteiger partial charge on any atom is 0.306 e. The molecule has 0 aliphatic heterocycles. The predicted octanol–water partition coefficient (Wildman–Crippen LogP) is 1.28. The minimum Gasteiger partial charge on any atom is -0.481 e. The smallest absolute Gasteiger partial charge is 0.306 e. The molecule has 84 valence electrons. The van der Waals surface area contributed by atoms with E-state index in [0.29, 0.717) is 19.3 Å². The predicted molar refractivity (Wildman–Crippen MR) is 53.3 cm³/mol. The summed E-state index contributed by atoms with van der Waals surface area (Å²) in [5.41, 5.74) is 0. The molecular weight excluding hydrogens is 196 g/mol. The fourth-order valence-corrected chi connectivity index (χ4v) is 2.33. The second kappa shape index (κ2) is 4.55. The monoisotopic (exact) mass is 212 g/mol. The molecule has 3 unspecified atom stereocenters. The van der Waals surface area contributed by atoms with Gasteiger partial charge in [-0.1, -0.05) is 0 Å². The molecule has 1 aliphatic rings. The molecule has 0 bridgehead atoms. The molecule has 0 aromatic carbocycles. The van der Waals surface area contributed by atoms with E-state index in [-0.39, 0.29) is 17.5 Å². The Hall–Kier alpha value is -1.19. The van der Waals surface area contributed by atoms with Gasteiger partial charge in [-0.2, -0.15) is 0 Å². The zero-order valence-electron chi connectivity index (χ0n) is 9.03. The summed E-state index contributed by atoms with van der Waals surface area (Å²) in [6, 6.07) is 0. The summed E-state index contributed by atoms with van der Waals surface area (Å²) in [6.07, 6.45) is 1.34. The van der Waals surface area contributed by atoms with Gasteiger partial charge >= 0.3 is 5.97 Å². The Morgan fingerprint density at radius 2 is 1.53 bits per heavy atom. The Morgan fingerprint density at radius 3 is 1.93 bits per heavy atom. The highest BCUT2D eigenvalue weighted by Crippen LogP contribution is 2.35. The van der Waals surface area contributed by atoms with Crippen molar-refractivity contribution in [3.8, 4) is 0 Å².